The number of alkyl halides is 2. The topological polar surface area (TPSA) is 76.0 Å². The summed E-state index contributed by atoms with van der Waals surface area (Å²) in [5.41, 5.74) is 3.41. The summed E-state index contributed by atoms with van der Waals surface area (Å²) in [6.07, 6.45) is 1.63. The van der Waals surface area contributed by atoms with Crippen molar-refractivity contribution in [3.8, 4) is 16.9 Å². The van der Waals surface area contributed by atoms with Gasteiger partial charge in [-0.3, -0.25) is 9.59 Å². The Labute approximate surface area is 205 Å². The molecule has 172 valence electrons. The minimum Gasteiger partial charge on any atom is -0.350 e. The number of hydrogen-bond acceptors (Lipinski definition) is 3. The van der Waals surface area contributed by atoms with Crippen LogP contribution in [0.2, 0.25) is 0 Å². The maximum Gasteiger partial charge on any atom is 0.259 e. The van der Waals surface area contributed by atoms with E-state index in [1.165, 1.54) is 18.2 Å². The van der Waals surface area contributed by atoms with Crippen LogP contribution in [-0.4, -0.2) is 26.4 Å². The lowest BCUT2D eigenvalue weighted by Gasteiger charge is -2.08. The third-order valence-electron chi connectivity index (χ3n) is 4.95. The largest absolute Gasteiger partial charge is 0.350 e. The van der Waals surface area contributed by atoms with Gasteiger partial charge < -0.3 is 10.6 Å². The quantitative estimate of drug-likeness (QED) is 0.338. The molecule has 0 unspecified atom stereocenters. The van der Waals surface area contributed by atoms with E-state index in [9.17, 15) is 14.0 Å². The fourth-order valence-electron chi connectivity index (χ4n) is 3.28. The molecule has 3 aromatic carbocycles. The van der Waals surface area contributed by atoms with Gasteiger partial charge in [-0.05, 0) is 35.9 Å². The summed E-state index contributed by atoms with van der Waals surface area (Å²) in [4.78, 5) is 23.6. The summed E-state index contributed by atoms with van der Waals surface area (Å²) in [6.45, 7) is 0.250. The lowest BCUT2D eigenvalue weighted by Crippen LogP contribution is -2.27. The molecule has 0 saturated carbocycles. The number of halogens is 3. The van der Waals surface area contributed by atoms with Crippen LogP contribution in [0.25, 0.3) is 16.9 Å². The molecule has 0 radical (unpaired) electrons. The third-order valence-corrected chi connectivity index (χ3v) is 5.35. The molecule has 2 N–H and O–H groups in total. The number of aromatic nitrogens is 2. The molecule has 9 heteroatoms. The fraction of sp³-hybridized carbons (Fsp3) is 0.0800. The Morgan fingerprint density at radius 3 is 2.38 bits per heavy atom. The van der Waals surface area contributed by atoms with Crippen LogP contribution in [0.1, 0.15) is 15.9 Å². The van der Waals surface area contributed by atoms with Crippen LogP contribution in [0.15, 0.2) is 85.1 Å². The highest BCUT2D eigenvalue weighted by atomic mass is 35.5. The maximum atomic E-state index is 13.6. The van der Waals surface area contributed by atoms with Gasteiger partial charge >= 0.3 is 0 Å². The van der Waals surface area contributed by atoms with Gasteiger partial charge in [-0.25, -0.2) is 9.07 Å². The number of nitrogens with one attached hydrogen (secondary N) is 2. The second kappa shape index (κ2) is 10.5. The van der Waals surface area contributed by atoms with Crippen molar-refractivity contribution in [2.45, 2.75) is 11.4 Å². The third kappa shape index (κ3) is 5.62. The first-order valence-electron chi connectivity index (χ1n) is 10.3. The molecule has 1 heterocycles. The zero-order chi connectivity index (χ0) is 24.1. The van der Waals surface area contributed by atoms with Crippen molar-refractivity contribution in [1.82, 2.24) is 15.1 Å². The monoisotopic (exact) mass is 496 g/mol. The predicted octanol–water partition coefficient (Wildman–Crippen LogP) is 5.35. The average Bonchev–Trinajstić information content (AvgIpc) is 3.29. The highest BCUT2D eigenvalue weighted by Crippen LogP contribution is 2.25. The molecule has 4 aromatic rings. The first-order chi connectivity index (χ1) is 16.4. The van der Waals surface area contributed by atoms with Crippen LogP contribution in [-0.2, 0) is 11.3 Å². The van der Waals surface area contributed by atoms with Gasteiger partial charge in [0.2, 0.25) is 0 Å². The second-order valence-corrected chi connectivity index (χ2v) is 8.45. The Morgan fingerprint density at radius 1 is 0.971 bits per heavy atom. The second-order valence-electron chi connectivity index (χ2n) is 7.35. The molecule has 34 heavy (non-hydrogen) atoms. The molecule has 0 aliphatic rings. The first kappa shape index (κ1) is 23.5. The standard InChI is InChI=1S/C25H19Cl2FN4O2/c26-23(27)25(34)29-14-16-9-11-17(12-10-16)22-21(15-32(31-22)20-7-2-1-3-8-20)24(33)30-19-6-4-5-18(28)13-19/h1-13,15,23H,14H2,(H,29,34)(H,30,33). The molecule has 0 atom stereocenters. The highest BCUT2D eigenvalue weighted by molar-refractivity contribution is 6.53. The van der Waals surface area contributed by atoms with Crippen molar-refractivity contribution in [2.24, 2.45) is 0 Å². The number of carbonyl (C=O) groups excluding carboxylic acids is 2. The summed E-state index contributed by atoms with van der Waals surface area (Å²) >= 11 is 11.1. The van der Waals surface area contributed by atoms with E-state index in [-0.39, 0.29) is 6.54 Å². The van der Waals surface area contributed by atoms with Crippen LogP contribution in [0.4, 0.5) is 10.1 Å². The molecular formula is C25H19Cl2FN4O2. The highest BCUT2D eigenvalue weighted by Gasteiger charge is 2.19. The Hall–Kier alpha value is -3.68. The summed E-state index contributed by atoms with van der Waals surface area (Å²) in [5, 5.41) is 9.99. The van der Waals surface area contributed by atoms with E-state index in [0.29, 0.717) is 22.5 Å². The van der Waals surface area contributed by atoms with Crippen LogP contribution < -0.4 is 10.6 Å². The predicted molar refractivity (Wildman–Crippen MR) is 131 cm³/mol. The molecule has 2 amide bonds. The number of nitrogens with zero attached hydrogens (tertiary/aromatic N) is 2. The summed E-state index contributed by atoms with van der Waals surface area (Å²) in [7, 11) is 0. The van der Waals surface area contributed by atoms with Crippen LogP contribution >= 0.6 is 23.2 Å². The van der Waals surface area contributed by atoms with E-state index < -0.39 is 22.5 Å². The van der Waals surface area contributed by atoms with Crippen LogP contribution in [0.5, 0.6) is 0 Å². The lowest BCUT2D eigenvalue weighted by atomic mass is 10.1. The molecule has 4 rings (SSSR count). The summed E-state index contributed by atoms with van der Waals surface area (Å²) in [6, 6.07) is 22.3. The zero-order valence-electron chi connectivity index (χ0n) is 17.7. The Balaban J connectivity index is 1.64. The molecule has 0 aliphatic heterocycles. The van der Waals surface area contributed by atoms with Gasteiger partial charge in [0.15, 0.2) is 4.84 Å². The van der Waals surface area contributed by atoms with Crippen molar-refractivity contribution >= 4 is 40.7 Å². The lowest BCUT2D eigenvalue weighted by molar-refractivity contribution is -0.119. The molecule has 0 spiro atoms. The van der Waals surface area contributed by atoms with E-state index in [4.69, 9.17) is 23.2 Å². The Kier molecular flexibility index (Phi) is 7.25. The van der Waals surface area contributed by atoms with E-state index in [2.05, 4.69) is 15.7 Å². The molecule has 0 bridgehead atoms. The van der Waals surface area contributed by atoms with Gasteiger partial charge in [0.25, 0.3) is 11.8 Å². The number of hydrogen-bond donors (Lipinski definition) is 2. The smallest absolute Gasteiger partial charge is 0.259 e. The minimum absolute atomic E-state index is 0.250. The van der Waals surface area contributed by atoms with Gasteiger partial charge in [-0.15, -0.1) is 0 Å². The number of benzene rings is 3. The van der Waals surface area contributed by atoms with Crippen molar-refractivity contribution in [1.29, 1.82) is 0 Å². The van der Waals surface area contributed by atoms with E-state index in [1.54, 1.807) is 29.1 Å². The van der Waals surface area contributed by atoms with Crippen molar-refractivity contribution in [3.63, 3.8) is 0 Å². The number of para-hydroxylation sites is 1. The van der Waals surface area contributed by atoms with Gasteiger partial charge in [-0.1, -0.05) is 71.7 Å². The molecular weight excluding hydrogens is 478 g/mol. The van der Waals surface area contributed by atoms with Gasteiger partial charge in [-0.2, -0.15) is 5.10 Å². The molecule has 1 aromatic heterocycles. The normalized spacial score (nSPS) is 10.8. The Morgan fingerprint density at radius 2 is 1.71 bits per heavy atom. The van der Waals surface area contributed by atoms with Crippen LogP contribution in [0.3, 0.4) is 0 Å². The van der Waals surface area contributed by atoms with Crippen LogP contribution in [0, 0.1) is 5.82 Å². The number of amides is 2. The number of anilines is 1. The van der Waals surface area contributed by atoms with Gasteiger partial charge in [0, 0.05) is 24.0 Å². The van der Waals surface area contributed by atoms with E-state index >= 15 is 0 Å². The van der Waals surface area contributed by atoms with E-state index in [1.807, 2.05) is 42.5 Å². The zero-order valence-corrected chi connectivity index (χ0v) is 19.2. The summed E-state index contributed by atoms with van der Waals surface area (Å²) in [5.74, 6) is -1.35. The molecule has 0 aliphatic carbocycles. The Bertz CT molecular complexity index is 1310. The van der Waals surface area contributed by atoms with E-state index in [0.717, 1.165) is 11.3 Å². The number of rotatable bonds is 7. The molecule has 6 nitrogen and oxygen atoms in total. The maximum absolute atomic E-state index is 13.6. The first-order valence-corrected chi connectivity index (χ1v) is 11.1. The molecule has 0 saturated heterocycles. The molecule has 0 fully saturated rings. The van der Waals surface area contributed by atoms with Crippen molar-refractivity contribution < 1.29 is 14.0 Å². The van der Waals surface area contributed by atoms with Gasteiger partial charge in [0.05, 0.1) is 11.3 Å². The van der Waals surface area contributed by atoms with Crippen molar-refractivity contribution in [2.75, 3.05) is 5.32 Å². The van der Waals surface area contributed by atoms with Crippen molar-refractivity contribution in [3.05, 3.63) is 102 Å². The SMILES string of the molecule is O=C(Nc1cccc(F)c1)c1cn(-c2ccccc2)nc1-c1ccc(CNC(=O)C(Cl)Cl)cc1. The minimum atomic E-state index is -1.14. The fourth-order valence-corrected chi connectivity index (χ4v) is 3.43. The summed E-state index contributed by atoms with van der Waals surface area (Å²) < 4.78 is 15.2. The number of carbonyl (C=O) groups is 2. The van der Waals surface area contributed by atoms with Gasteiger partial charge in [0.1, 0.15) is 11.5 Å². The average molecular weight is 497 g/mol.